The van der Waals surface area contributed by atoms with Gasteiger partial charge in [-0.15, -0.1) is 0 Å². The zero-order chi connectivity index (χ0) is 13.8. The minimum atomic E-state index is 0.653. The van der Waals surface area contributed by atoms with Gasteiger partial charge in [0.1, 0.15) is 5.82 Å². The highest BCUT2D eigenvalue weighted by atomic mass is 15.3. The van der Waals surface area contributed by atoms with Crippen molar-refractivity contribution < 1.29 is 0 Å². The second-order valence-electron chi connectivity index (χ2n) is 4.69. The summed E-state index contributed by atoms with van der Waals surface area (Å²) < 4.78 is 1.93. The van der Waals surface area contributed by atoms with E-state index in [4.69, 9.17) is 5.73 Å². The molecule has 0 aromatic carbocycles. The number of nitrogens with one attached hydrogen (secondary N) is 1. The lowest BCUT2D eigenvalue weighted by atomic mass is 10.3. The summed E-state index contributed by atoms with van der Waals surface area (Å²) in [5, 5.41) is 7.78. The summed E-state index contributed by atoms with van der Waals surface area (Å²) in [6.45, 7) is 7.56. The highest BCUT2D eigenvalue weighted by Gasteiger charge is 2.11. The monoisotopic (exact) mass is 259 g/mol. The highest BCUT2D eigenvalue weighted by molar-refractivity contribution is 5.64. The minimum Gasteiger partial charge on any atom is -0.394 e. The average molecular weight is 259 g/mol. The van der Waals surface area contributed by atoms with Gasteiger partial charge >= 0.3 is 0 Å². The van der Waals surface area contributed by atoms with Crippen LogP contribution < -0.4 is 11.1 Å². The third-order valence-corrected chi connectivity index (χ3v) is 2.99. The number of aryl methyl sites for hydroxylation is 3. The molecule has 5 heteroatoms. The number of hydrogen-bond acceptors (Lipinski definition) is 4. The molecule has 102 valence electrons. The van der Waals surface area contributed by atoms with Crippen LogP contribution in [0.15, 0.2) is 18.2 Å². The molecule has 0 aliphatic carbocycles. The molecule has 0 aliphatic heterocycles. The molecule has 0 saturated carbocycles. The summed E-state index contributed by atoms with van der Waals surface area (Å²) in [6.07, 6.45) is 1.03. The van der Waals surface area contributed by atoms with Crippen molar-refractivity contribution in [3.05, 3.63) is 35.3 Å². The molecular formula is C14H21N5. The quantitative estimate of drug-likeness (QED) is 0.865. The average Bonchev–Trinajstić information content (AvgIpc) is 2.63. The molecule has 0 aliphatic rings. The number of hydrogen-bond donors (Lipinski definition) is 2. The van der Waals surface area contributed by atoms with E-state index in [-0.39, 0.29) is 0 Å². The van der Waals surface area contributed by atoms with Crippen LogP contribution in [0.4, 0.5) is 11.5 Å². The molecule has 0 amide bonds. The standard InChI is InChI=1S/C14H21N5/c1-4-8-19-14(13(15)11(3)18-19)16-9-12-7-5-6-10(2)17-12/h5-7,16H,4,8-9,15H2,1-3H3. The first kappa shape index (κ1) is 13.4. The van der Waals surface area contributed by atoms with Crippen molar-refractivity contribution in [2.45, 2.75) is 40.3 Å². The minimum absolute atomic E-state index is 0.653. The Morgan fingerprint density at radius 3 is 2.79 bits per heavy atom. The second kappa shape index (κ2) is 5.73. The Labute approximate surface area is 113 Å². The maximum Gasteiger partial charge on any atom is 0.148 e. The highest BCUT2D eigenvalue weighted by Crippen LogP contribution is 2.22. The van der Waals surface area contributed by atoms with Crippen LogP contribution in [0.2, 0.25) is 0 Å². The third kappa shape index (κ3) is 3.05. The first-order chi connectivity index (χ1) is 9.11. The van der Waals surface area contributed by atoms with Crippen LogP contribution in [-0.4, -0.2) is 14.8 Å². The summed E-state index contributed by atoms with van der Waals surface area (Å²) in [4.78, 5) is 4.47. The molecule has 2 aromatic heterocycles. The van der Waals surface area contributed by atoms with Gasteiger partial charge in [-0.05, 0) is 32.4 Å². The summed E-state index contributed by atoms with van der Waals surface area (Å²) in [7, 11) is 0. The number of nitrogen functional groups attached to an aromatic ring is 1. The number of nitrogens with zero attached hydrogens (tertiary/aromatic N) is 3. The molecule has 0 fully saturated rings. The van der Waals surface area contributed by atoms with E-state index >= 15 is 0 Å². The molecule has 0 unspecified atom stereocenters. The van der Waals surface area contributed by atoms with Crippen LogP contribution in [0.25, 0.3) is 0 Å². The predicted molar refractivity (Wildman–Crippen MR) is 78.0 cm³/mol. The van der Waals surface area contributed by atoms with Gasteiger partial charge in [0.2, 0.25) is 0 Å². The van der Waals surface area contributed by atoms with Crippen LogP contribution in [0.5, 0.6) is 0 Å². The Balaban J connectivity index is 2.14. The largest absolute Gasteiger partial charge is 0.394 e. The van der Waals surface area contributed by atoms with Crippen LogP contribution in [0.1, 0.15) is 30.4 Å². The van der Waals surface area contributed by atoms with Gasteiger partial charge in [-0.25, -0.2) is 4.68 Å². The Hall–Kier alpha value is -2.04. The van der Waals surface area contributed by atoms with Crippen LogP contribution in [-0.2, 0) is 13.1 Å². The van der Waals surface area contributed by atoms with Crippen molar-refractivity contribution in [2.24, 2.45) is 0 Å². The molecule has 0 saturated heterocycles. The van der Waals surface area contributed by atoms with E-state index in [1.165, 1.54) is 0 Å². The van der Waals surface area contributed by atoms with Crippen molar-refractivity contribution in [3.63, 3.8) is 0 Å². The van der Waals surface area contributed by atoms with Gasteiger partial charge in [0.15, 0.2) is 0 Å². The molecule has 0 atom stereocenters. The zero-order valence-corrected chi connectivity index (χ0v) is 11.8. The van der Waals surface area contributed by atoms with Gasteiger partial charge in [-0.1, -0.05) is 13.0 Å². The van der Waals surface area contributed by atoms with E-state index < -0.39 is 0 Å². The van der Waals surface area contributed by atoms with Crippen LogP contribution >= 0.6 is 0 Å². The van der Waals surface area contributed by atoms with Gasteiger partial charge in [0.25, 0.3) is 0 Å². The summed E-state index contributed by atoms with van der Waals surface area (Å²) >= 11 is 0. The molecular weight excluding hydrogens is 238 g/mol. The second-order valence-corrected chi connectivity index (χ2v) is 4.69. The van der Waals surface area contributed by atoms with Gasteiger partial charge in [-0.2, -0.15) is 5.10 Å². The summed E-state index contributed by atoms with van der Waals surface area (Å²) in [6, 6.07) is 6.00. The smallest absolute Gasteiger partial charge is 0.148 e. The number of nitrogens with two attached hydrogens (primary N) is 1. The zero-order valence-electron chi connectivity index (χ0n) is 11.8. The summed E-state index contributed by atoms with van der Waals surface area (Å²) in [5.74, 6) is 0.891. The predicted octanol–water partition coefficient (Wildman–Crippen LogP) is 2.50. The van der Waals surface area contributed by atoms with Gasteiger partial charge in [0.05, 0.1) is 23.6 Å². The molecule has 19 heavy (non-hydrogen) atoms. The van der Waals surface area contributed by atoms with Crippen molar-refractivity contribution in [3.8, 4) is 0 Å². The normalized spacial score (nSPS) is 10.7. The lowest BCUT2D eigenvalue weighted by Crippen LogP contribution is -2.10. The molecule has 0 bridgehead atoms. The summed E-state index contributed by atoms with van der Waals surface area (Å²) in [5.41, 5.74) is 9.67. The molecule has 2 rings (SSSR count). The van der Waals surface area contributed by atoms with Crippen LogP contribution in [0.3, 0.4) is 0 Å². The third-order valence-electron chi connectivity index (χ3n) is 2.99. The SMILES string of the molecule is CCCn1nc(C)c(N)c1NCc1cccc(C)n1. The fourth-order valence-electron chi connectivity index (χ4n) is 2.03. The topological polar surface area (TPSA) is 68.8 Å². The first-order valence-electron chi connectivity index (χ1n) is 6.61. The van der Waals surface area contributed by atoms with E-state index in [2.05, 4.69) is 22.3 Å². The lowest BCUT2D eigenvalue weighted by molar-refractivity contribution is 0.602. The Kier molecular flexibility index (Phi) is 4.04. The van der Waals surface area contributed by atoms with Crippen LogP contribution in [0, 0.1) is 13.8 Å². The molecule has 3 N–H and O–H groups in total. The number of aromatic nitrogens is 3. The van der Waals surface area contributed by atoms with E-state index in [1.807, 2.05) is 36.7 Å². The Morgan fingerprint density at radius 1 is 1.32 bits per heavy atom. The van der Waals surface area contributed by atoms with Gasteiger partial charge in [-0.3, -0.25) is 4.98 Å². The maximum atomic E-state index is 6.06. The fourth-order valence-corrected chi connectivity index (χ4v) is 2.03. The molecule has 0 spiro atoms. The van der Waals surface area contributed by atoms with E-state index in [1.54, 1.807) is 0 Å². The Morgan fingerprint density at radius 2 is 2.11 bits per heavy atom. The van der Waals surface area contributed by atoms with Gasteiger partial charge < -0.3 is 11.1 Å². The van der Waals surface area contributed by atoms with E-state index in [0.717, 1.165) is 41.6 Å². The number of rotatable bonds is 5. The van der Waals surface area contributed by atoms with Crippen molar-refractivity contribution in [1.29, 1.82) is 0 Å². The maximum absolute atomic E-state index is 6.06. The first-order valence-corrected chi connectivity index (χ1v) is 6.61. The van der Waals surface area contributed by atoms with Crippen molar-refractivity contribution in [2.75, 3.05) is 11.1 Å². The lowest BCUT2D eigenvalue weighted by Gasteiger charge is -2.10. The number of pyridine rings is 1. The van der Waals surface area contributed by atoms with Crippen molar-refractivity contribution >= 4 is 11.5 Å². The molecule has 5 nitrogen and oxygen atoms in total. The Bertz CT molecular complexity index is 559. The molecule has 2 aromatic rings. The number of anilines is 2. The molecule has 0 radical (unpaired) electrons. The van der Waals surface area contributed by atoms with Gasteiger partial charge in [0, 0.05) is 12.2 Å². The fraction of sp³-hybridized carbons (Fsp3) is 0.429. The van der Waals surface area contributed by atoms with E-state index in [0.29, 0.717) is 6.54 Å². The van der Waals surface area contributed by atoms with Crippen molar-refractivity contribution in [1.82, 2.24) is 14.8 Å². The van der Waals surface area contributed by atoms with E-state index in [9.17, 15) is 0 Å². The molecule has 2 heterocycles.